The average molecular weight is 565 g/mol. The molecule has 3 heterocycles. The van der Waals surface area contributed by atoms with Crippen molar-refractivity contribution >= 4 is 35.1 Å². The highest BCUT2D eigenvalue weighted by Gasteiger charge is 2.33. The molecule has 0 N–H and O–H groups in total. The van der Waals surface area contributed by atoms with Gasteiger partial charge in [-0.15, -0.1) is 0 Å². The number of allylic oxidation sites excluding steroid dienone is 1. The third-order valence-corrected chi connectivity index (χ3v) is 8.34. The Bertz CT molecular complexity index is 1900. The van der Waals surface area contributed by atoms with Gasteiger partial charge in [0.1, 0.15) is 11.5 Å². The average Bonchev–Trinajstić information content (AvgIpc) is 3.53. The largest absolute Gasteiger partial charge is 0.450 e. The Morgan fingerprint density at radius 3 is 2.38 bits per heavy atom. The summed E-state index contributed by atoms with van der Waals surface area (Å²) in [6.07, 6.45) is 1.73. The molecule has 1 atom stereocenters. The number of aromatic nitrogens is 1. The van der Waals surface area contributed by atoms with Gasteiger partial charge in [0.25, 0.3) is 5.56 Å². The molecule has 0 aliphatic carbocycles. The number of carbonyl (C=O) groups excluding carboxylic acids is 1. The SMILES string of the molecule is CC1=C(C(=O)Oc2ccccc2)C(c2ccccc2)n2c(sc(=Cc3ccc(Sc4ccc(C)cc4)o3)c2=O)=N1. The van der Waals surface area contributed by atoms with Crippen LogP contribution in [0.2, 0.25) is 0 Å². The Morgan fingerprint density at radius 1 is 0.950 bits per heavy atom. The normalized spacial score (nSPS) is 15.1. The molecule has 5 aromatic rings. The summed E-state index contributed by atoms with van der Waals surface area (Å²) in [5.41, 5.74) is 2.57. The Hall–Kier alpha value is -4.40. The lowest BCUT2D eigenvalue weighted by Gasteiger charge is -2.24. The Morgan fingerprint density at radius 2 is 1.65 bits per heavy atom. The molecule has 0 amide bonds. The van der Waals surface area contributed by atoms with E-state index in [1.165, 1.54) is 28.7 Å². The van der Waals surface area contributed by atoms with Crippen molar-refractivity contribution in [1.82, 2.24) is 4.57 Å². The van der Waals surface area contributed by atoms with Gasteiger partial charge in [-0.1, -0.05) is 89.3 Å². The number of fused-ring (bicyclic) bond motifs is 1. The minimum Gasteiger partial charge on any atom is -0.450 e. The first-order valence-electron chi connectivity index (χ1n) is 12.7. The zero-order valence-electron chi connectivity index (χ0n) is 21.7. The van der Waals surface area contributed by atoms with Gasteiger partial charge in [-0.3, -0.25) is 9.36 Å². The van der Waals surface area contributed by atoms with E-state index in [4.69, 9.17) is 9.15 Å². The number of aryl methyl sites for hydroxylation is 1. The van der Waals surface area contributed by atoms with Gasteiger partial charge < -0.3 is 9.15 Å². The second kappa shape index (κ2) is 11.0. The van der Waals surface area contributed by atoms with Crippen molar-refractivity contribution in [3.8, 4) is 5.75 Å². The molecule has 6 nitrogen and oxygen atoms in total. The Balaban J connectivity index is 1.39. The van der Waals surface area contributed by atoms with E-state index in [0.29, 0.717) is 32.1 Å². The van der Waals surface area contributed by atoms with Crippen LogP contribution in [0.3, 0.4) is 0 Å². The topological polar surface area (TPSA) is 73.8 Å². The predicted molar refractivity (Wildman–Crippen MR) is 156 cm³/mol. The van der Waals surface area contributed by atoms with Gasteiger partial charge in [0.05, 0.1) is 21.8 Å². The maximum atomic E-state index is 13.8. The number of furan rings is 1. The number of rotatable bonds is 6. The minimum absolute atomic E-state index is 0.251. The number of ether oxygens (including phenoxy) is 1. The number of para-hydroxylation sites is 1. The van der Waals surface area contributed by atoms with E-state index < -0.39 is 12.0 Å². The highest BCUT2D eigenvalue weighted by molar-refractivity contribution is 7.99. The lowest BCUT2D eigenvalue weighted by molar-refractivity contribution is -0.130. The first-order valence-corrected chi connectivity index (χ1v) is 14.3. The van der Waals surface area contributed by atoms with Gasteiger partial charge >= 0.3 is 5.97 Å². The standard InChI is InChI=1S/C32H24N2O4S2/c1-20-13-16-25(17-14-20)39-27-18-15-24(37-27)19-26-30(35)34-29(22-9-5-3-6-10-22)28(21(2)33-32(34)40-26)31(36)38-23-11-7-4-8-12-23/h3-19,29H,1-2H3. The lowest BCUT2D eigenvalue weighted by atomic mass is 9.96. The van der Waals surface area contributed by atoms with Gasteiger partial charge in [-0.05, 0) is 55.8 Å². The van der Waals surface area contributed by atoms with Gasteiger partial charge in [0.2, 0.25) is 0 Å². The lowest BCUT2D eigenvalue weighted by Crippen LogP contribution is -2.40. The summed E-state index contributed by atoms with van der Waals surface area (Å²) < 4.78 is 13.8. The van der Waals surface area contributed by atoms with E-state index in [-0.39, 0.29) is 5.56 Å². The van der Waals surface area contributed by atoms with Gasteiger partial charge in [0.15, 0.2) is 9.89 Å². The van der Waals surface area contributed by atoms with Crippen LogP contribution in [-0.2, 0) is 4.79 Å². The molecule has 0 saturated carbocycles. The number of esters is 1. The van der Waals surface area contributed by atoms with Crippen molar-refractivity contribution in [2.75, 3.05) is 0 Å². The van der Waals surface area contributed by atoms with Crippen LogP contribution in [-0.4, -0.2) is 10.5 Å². The van der Waals surface area contributed by atoms with Crippen molar-refractivity contribution in [2.45, 2.75) is 29.9 Å². The molecule has 6 rings (SSSR count). The van der Waals surface area contributed by atoms with Crippen LogP contribution < -0.4 is 19.6 Å². The number of hydrogen-bond acceptors (Lipinski definition) is 7. The van der Waals surface area contributed by atoms with E-state index in [1.807, 2.05) is 67.6 Å². The second-order valence-corrected chi connectivity index (χ2v) is 11.4. The monoisotopic (exact) mass is 564 g/mol. The maximum absolute atomic E-state index is 13.8. The second-order valence-electron chi connectivity index (χ2n) is 9.27. The van der Waals surface area contributed by atoms with Crippen LogP contribution in [0.1, 0.15) is 29.9 Å². The number of benzene rings is 3. The zero-order chi connectivity index (χ0) is 27.6. The van der Waals surface area contributed by atoms with E-state index >= 15 is 0 Å². The van der Waals surface area contributed by atoms with Crippen LogP contribution in [0.5, 0.6) is 5.75 Å². The molecule has 3 aromatic carbocycles. The Kier molecular flexibility index (Phi) is 7.11. The molecule has 0 fully saturated rings. The first-order chi connectivity index (χ1) is 19.5. The van der Waals surface area contributed by atoms with Crippen LogP contribution in [0, 0.1) is 6.92 Å². The zero-order valence-corrected chi connectivity index (χ0v) is 23.4. The van der Waals surface area contributed by atoms with E-state index in [2.05, 4.69) is 17.1 Å². The predicted octanol–water partition coefficient (Wildman–Crippen LogP) is 5.89. The minimum atomic E-state index is -0.680. The van der Waals surface area contributed by atoms with Crippen LogP contribution >= 0.6 is 23.1 Å². The molecule has 1 unspecified atom stereocenters. The third kappa shape index (κ3) is 5.23. The molecule has 2 aromatic heterocycles. The summed E-state index contributed by atoms with van der Waals surface area (Å²) in [6, 6.07) is 29.6. The number of carbonyl (C=O) groups is 1. The molecule has 8 heteroatoms. The number of hydrogen-bond donors (Lipinski definition) is 0. The molecule has 1 aliphatic heterocycles. The fourth-order valence-corrected chi connectivity index (χ4v) is 6.31. The van der Waals surface area contributed by atoms with E-state index in [9.17, 15) is 9.59 Å². The summed E-state index contributed by atoms with van der Waals surface area (Å²) in [4.78, 5) is 33.5. The Labute approximate surface area is 238 Å². The molecule has 0 bridgehead atoms. The van der Waals surface area contributed by atoms with Gasteiger partial charge in [0, 0.05) is 11.0 Å². The van der Waals surface area contributed by atoms with Crippen molar-refractivity contribution in [3.05, 3.63) is 145 Å². The summed E-state index contributed by atoms with van der Waals surface area (Å²) in [5, 5.41) is 0.729. The van der Waals surface area contributed by atoms with Gasteiger partial charge in [-0.25, -0.2) is 9.79 Å². The fraction of sp³-hybridized carbons (Fsp3) is 0.0938. The van der Waals surface area contributed by atoms with Crippen molar-refractivity contribution in [3.63, 3.8) is 0 Å². The number of thiazole rings is 1. The molecule has 0 spiro atoms. The fourth-order valence-electron chi connectivity index (χ4n) is 4.50. The van der Waals surface area contributed by atoms with Gasteiger partial charge in [-0.2, -0.15) is 0 Å². The summed E-state index contributed by atoms with van der Waals surface area (Å²) in [7, 11) is 0. The van der Waals surface area contributed by atoms with Crippen LogP contribution in [0.25, 0.3) is 6.08 Å². The highest BCUT2D eigenvalue weighted by atomic mass is 32.2. The molecular formula is C32H24N2O4S2. The summed E-state index contributed by atoms with van der Waals surface area (Å²) in [6.45, 7) is 3.82. The van der Waals surface area contributed by atoms with E-state index in [0.717, 1.165) is 15.6 Å². The van der Waals surface area contributed by atoms with Crippen molar-refractivity contribution in [2.24, 2.45) is 4.99 Å². The smallest absolute Gasteiger partial charge is 0.343 e. The molecule has 0 saturated heterocycles. The summed E-state index contributed by atoms with van der Waals surface area (Å²) in [5.74, 6) is 0.448. The quantitative estimate of drug-likeness (QED) is 0.190. The maximum Gasteiger partial charge on any atom is 0.343 e. The van der Waals surface area contributed by atoms with E-state index in [1.54, 1.807) is 41.8 Å². The molecule has 1 aliphatic rings. The first kappa shape index (κ1) is 25.9. The van der Waals surface area contributed by atoms with Crippen molar-refractivity contribution in [1.29, 1.82) is 0 Å². The highest BCUT2D eigenvalue weighted by Crippen LogP contribution is 2.32. The molecule has 40 heavy (non-hydrogen) atoms. The number of nitrogens with zero attached hydrogens (tertiary/aromatic N) is 2. The molecule has 198 valence electrons. The molecule has 0 radical (unpaired) electrons. The molecular weight excluding hydrogens is 540 g/mol. The van der Waals surface area contributed by atoms with Crippen LogP contribution in [0.15, 0.2) is 133 Å². The van der Waals surface area contributed by atoms with Crippen LogP contribution in [0.4, 0.5) is 0 Å². The third-order valence-electron chi connectivity index (χ3n) is 6.43. The van der Waals surface area contributed by atoms with Crippen molar-refractivity contribution < 1.29 is 13.9 Å². The summed E-state index contributed by atoms with van der Waals surface area (Å²) >= 11 is 2.78.